The van der Waals surface area contributed by atoms with Crippen LogP contribution in [0.4, 0.5) is 0 Å². The van der Waals surface area contributed by atoms with Crippen molar-refractivity contribution in [2.24, 2.45) is 0 Å². The summed E-state index contributed by atoms with van der Waals surface area (Å²) in [7, 11) is 0. The maximum Gasteiger partial charge on any atom is 0.306 e. The van der Waals surface area contributed by atoms with Gasteiger partial charge in [-0.05, 0) is 96.3 Å². The van der Waals surface area contributed by atoms with Gasteiger partial charge >= 0.3 is 17.9 Å². The minimum atomic E-state index is -0.776. The van der Waals surface area contributed by atoms with Crippen LogP contribution in [-0.2, 0) is 28.6 Å². The van der Waals surface area contributed by atoms with Crippen molar-refractivity contribution in [3.8, 4) is 0 Å². The molecule has 6 nitrogen and oxygen atoms in total. The molecule has 0 aromatic rings. The van der Waals surface area contributed by atoms with E-state index in [0.717, 1.165) is 64.2 Å². The van der Waals surface area contributed by atoms with Crippen molar-refractivity contribution in [2.45, 2.75) is 406 Å². The van der Waals surface area contributed by atoms with Crippen LogP contribution in [-0.4, -0.2) is 37.2 Å². The molecule has 1 atom stereocenters. The molecule has 0 aliphatic rings. The van der Waals surface area contributed by atoms with Crippen LogP contribution in [0.15, 0.2) is 36.5 Å². The second-order valence-corrected chi connectivity index (χ2v) is 24.5. The van der Waals surface area contributed by atoms with Crippen molar-refractivity contribution in [3.63, 3.8) is 0 Å². The molecule has 0 saturated heterocycles. The van der Waals surface area contributed by atoms with Gasteiger partial charge in [-0.2, -0.15) is 0 Å². The normalized spacial score (nSPS) is 12.2. The summed E-state index contributed by atoms with van der Waals surface area (Å²) in [6.45, 7) is 6.70. The zero-order chi connectivity index (χ0) is 57.8. The summed E-state index contributed by atoms with van der Waals surface area (Å²) in [5, 5.41) is 0. The number of allylic oxidation sites excluding steroid dienone is 6. The average molecular weight is 1120 g/mol. The van der Waals surface area contributed by atoms with Crippen molar-refractivity contribution < 1.29 is 28.6 Å². The second-order valence-electron chi connectivity index (χ2n) is 24.5. The van der Waals surface area contributed by atoms with Gasteiger partial charge < -0.3 is 14.2 Å². The van der Waals surface area contributed by atoms with Crippen LogP contribution in [0, 0.1) is 0 Å². The number of rotatable bonds is 67. The van der Waals surface area contributed by atoms with Crippen LogP contribution in [0.1, 0.15) is 400 Å². The molecular weight excluding hydrogens is 985 g/mol. The molecule has 6 heteroatoms. The third-order valence-electron chi connectivity index (χ3n) is 16.3. The maximum absolute atomic E-state index is 13.0. The van der Waals surface area contributed by atoms with E-state index in [1.807, 2.05) is 0 Å². The van der Waals surface area contributed by atoms with Gasteiger partial charge in [-0.15, -0.1) is 0 Å². The Balaban J connectivity index is 4.30. The van der Waals surface area contributed by atoms with E-state index in [2.05, 4.69) is 57.2 Å². The lowest BCUT2D eigenvalue weighted by Gasteiger charge is -2.18. The first kappa shape index (κ1) is 77.6. The van der Waals surface area contributed by atoms with Crippen molar-refractivity contribution in [1.29, 1.82) is 0 Å². The molecule has 0 aliphatic carbocycles. The van der Waals surface area contributed by atoms with E-state index < -0.39 is 6.10 Å². The smallest absolute Gasteiger partial charge is 0.306 e. The number of esters is 3. The molecule has 0 N–H and O–H groups in total. The van der Waals surface area contributed by atoms with E-state index in [1.54, 1.807) is 0 Å². The highest BCUT2D eigenvalue weighted by Crippen LogP contribution is 2.18. The molecular formula is C74H138O6. The Morgan fingerprint density at radius 3 is 0.625 bits per heavy atom. The Morgan fingerprint density at radius 1 is 0.237 bits per heavy atom. The number of ether oxygens (including phenoxy) is 3. The summed E-state index contributed by atoms with van der Waals surface area (Å²) in [6, 6.07) is 0. The molecule has 0 spiro atoms. The number of hydrogen-bond acceptors (Lipinski definition) is 6. The zero-order valence-corrected chi connectivity index (χ0v) is 54.1. The quantitative estimate of drug-likeness (QED) is 0.0261. The Hall–Kier alpha value is -2.37. The van der Waals surface area contributed by atoms with Gasteiger partial charge in [0.1, 0.15) is 13.2 Å². The Labute approximate surface area is 499 Å². The van der Waals surface area contributed by atoms with Crippen LogP contribution in [0.5, 0.6) is 0 Å². The van der Waals surface area contributed by atoms with E-state index in [-0.39, 0.29) is 31.1 Å². The first-order valence-corrected chi connectivity index (χ1v) is 36.0. The van der Waals surface area contributed by atoms with Crippen LogP contribution in [0.25, 0.3) is 0 Å². The van der Waals surface area contributed by atoms with Gasteiger partial charge in [-0.3, -0.25) is 14.4 Å². The fourth-order valence-corrected chi connectivity index (χ4v) is 10.9. The van der Waals surface area contributed by atoms with Crippen molar-refractivity contribution >= 4 is 17.9 Å². The molecule has 0 bridgehead atoms. The van der Waals surface area contributed by atoms with E-state index in [1.165, 1.54) is 295 Å². The topological polar surface area (TPSA) is 78.9 Å². The number of carbonyl (C=O) groups is 3. The van der Waals surface area contributed by atoms with Gasteiger partial charge in [0.15, 0.2) is 6.10 Å². The van der Waals surface area contributed by atoms with Crippen LogP contribution in [0.2, 0.25) is 0 Å². The average Bonchev–Trinajstić information content (AvgIpc) is 3.46. The standard InChI is InChI=1S/C74H138O6/c1-4-7-10-13-16-19-22-25-28-31-33-35-37-39-41-43-46-49-52-55-58-61-64-67-73(76)79-70-71(69-78-72(75)66-63-60-57-54-51-48-45-30-27-24-21-18-15-12-9-6-3)80-74(77)68-65-62-59-56-53-50-47-44-42-40-38-36-34-32-29-26-23-20-17-14-11-8-5-2/h30-34,45,71H,4-29,35-44,46-70H2,1-3H3/b33-31-,34-32-,45-30-. The summed E-state index contributed by atoms with van der Waals surface area (Å²) in [5.41, 5.74) is 0. The molecule has 1 unspecified atom stereocenters. The Morgan fingerprint density at radius 2 is 0.412 bits per heavy atom. The van der Waals surface area contributed by atoms with Crippen molar-refractivity contribution in [2.75, 3.05) is 13.2 Å². The first-order valence-electron chi connectivity index (χ1n) is 36.0. The molecule has 0 rings (SSSR count). The molecule has 0 radical (unpaired) electrons. The van der Waals surface area contributed by atoms with E-state index >= 15 is 0 Å². The van der Waals surface area contributed by atoms with E-state index in [9.17, 15) is 14.4 Å². The molecule has 0 heterocycles. The number of hydrogen-bond donors (Lipinski definition) is 0. The highest BCUT2D eigenvalue weighted by atomic mass is 16.6. The fourth-order valence-electron chi connectivity index (χ4n) is 10.9. The summed E-state index contributed by atoms with van der Waals surface area (Å²) in [5.74, 6) is -0.853. The summed E-state index contributed by atoms with van der Waals surface area (Å²) in [6.07, 6.45) is 86.0. The minimum absolute atomic E-state index is 0.0716. The van der Waals surface area contributed by atoms with E-state index in [0.29, 0.717) is 19.3 Å². The Bertz CT molecular complexity index is 1340. The monoisotopic (exact) mass is 1120 g/mol. The van der Waals surface area contributed by atoms with Crippen molar-refractivity contribution in [3.05, 3.63) is 36.5 Å². The molecule has 0 aliphatic heterocycles. The van der Waals surface area contributed by atoms with Gasteiger partial charge in [0.2, 0.25) is 0 Å². The lowest BCUT2D eigenvalue weighted by Crippen LogP contribution is -2.30. The fraction of sp³-hybridized carbons (Fsp3) is 0.878. The molecule has 0 aromatic carbocycles. The predicted molar refractivity (Wildman–Crippen MR) is 349 cm³/mol. The molecule has 0 aromatic heterocycles. The van der Waals surface area contributed by atoms with Gasteiger partial charge in [0.05, 0.1) is 0 Å². The largest absolute Gasteiger partial charge is 0.462 e. The SMILES string of the molecule is CCCCCCCCC/C=C\CCCCCCCC(=O)OCC(COC(=O)CCCCCCCCCCCCC/C=C\CCCCCCCCCC)OC(=O)CCCCCCCCCCCCC/C=C\CCCCCCCCCC. The van der Waals surface area contributed by atoms with Gasteiger partial charge in [-0.25, -0.2) is 0 Å². The first-order chi connectivity index (χ1) is 39.5. The minimum Gasteiger partial charge on any atom is -0.462 e. The summed E-state index contributed by atoms with van der Waals surface area (Å²) in [4.78, 5) is 38.5. The number of carbonyl (C=O) groups excluding carboxylic acids is 3. The zero-order valence-electron chi connectivity index (χ0n) is 54.1. The number of unbranched alkanes of at least 4 members (excludes halogenated alkanes) is 50. The highest BCUT2D eigenvalue weighted by Gasteiger charge is 2.19. The van der Waals surface area contributed by atoms with Gasteiger partial charge in [0.25, 0.3) is 0 Å². The van der Waals surface area contributed by atoms with Crippen molar-refractivity contribution in [1.82, 2.24) is 0 Å². The molecule has 0 amide bonds. The van der Waals surface area contributed by atoms with E-state index in [4.69, 9.17) is 14.2 Å². The highest BCUT2D eigenvalue weighted by molar-refractivity contribution is 5.71. The van der Waals surface area contributed by atoms with Gasteiger partial charge in [-0.1, -0.05) is 320 Å². The van der Waals surface area contributed by atoms with Crippen LogP contribution in [0.3, 0.4) is 0 Å². The third-order valence-corrected chi connectivity index (χ3v) is 16.3. The van der Waals surface area contributed by atoms with Crippen LogP contribution < -0.4 is 0 Å². The third kappa shape index (κ3) is 66.4. The molecule has 470 valence electrons. The summed E-state index contributed by atoms with van der Waals surface area (Å²) >= 11 is 0. The molecule has 0 saturated carbocycles. The molecule has 0 fully saturated rings. The lowest BCUT2D eigenvalue weighted by molar-refractivity contribution is -0.167. The predicted octanol–water partition coefficient (Wildman–Crippen LogP) is 24.7. The summed E-state index contributed by atoms with van der Waals surface area (Å²) < 4.78 is 17.0. The second kappa shape index (κ2) is 69.1. The Kier molecular flexibility index (Phi) is 67.1. The van der Waals surface area contributed by atoms with Gasteiger partial charge in [0, 0.05) is 19.3 Å². The van der Waals surface area contributed by atoms with Crippen LogP contribution >= 0.6 is 0 Å². The maximum atomic E-state index is 13.0. The lowest BCUT2D eigenvalue weighted by atomic mass is 10.0. The molecule has 80 heavy (non-hydrogen) atoms.